The van der Waals surface area contributed by atoms with Gasteiger partial charge in [0, 0.05) is 18.7 Å². The van der Waals surface area contributed by atoms with Gasteiger partial charge in [0.2, 0.25) is 0 Å². The van der Waals surface area contributed by atoms with Crippen LogP contribution in [0.3, 0.4) is 0 Å². The van der Waals surface area contributed by atoms with Crippen molar-refractivity contribution in [3.05, 3.63) is 61.7 Å². The number of hydrogen-bond donors (Lipinski definition) is 1. The summed E-state index contributed by atoms with van der Waals surface area (Å²) in [5.74, 6) is 0. The first-order chi connectivity index (χ1) is 12.2. The third-order valence-corrected chi connectivity index (χ3v) is 6.25. The summed E-state index contributed by atoms with van der Waals surface area (Å²) in [5.41, 5.74) is 1.16. The molecule has 136 valence electrons. The van der Waals surface area contributed by atoms with E-state index in [1.54, 1.807) is 17.6 Å². The van der Waals surface area contributed by atoms with Crippen LogP contribution >= 0.6 is 11.3 Å². The minimum absolute atomic E-state index is 0.0135. The van der Waals surface area contributed by atoms with Gasteiger partial charge in [-0.05, 0) is 37.6 Å². The van der Waals surface area contributed by atoms with Gasteiger partial charge in [-0.25, -0.2) is 8.42 Å². The van der Waals surface area contributed by atoms with Crippen molar-refractivity contribution in [3.8, 4) is 0 Å². The first-order valence-corrected chi connectivity index (χ1v) is 9.94. The minimum atomic E-state index is -3.96. The second-order valence-electron chi connectivity index (χ2n) is 5.60. The van der Waals surface area contributed by atoms with Crippen molar-refractivity contribution in [2.45, 2.75) is 25.3 Å². The molecule has 0 aliphatic carbocycles. The van der Waals surface area contributed by atoms with Gasteiger partial charge in [-0.3, -0.25) is 24.2 Å². The highest BCUT2D eigenvalue weighted by atomic mass is 32.2. The number of fused-ring (bicyclic) bond motifs is 1. The van der Waals surface area contributed by atoms with Crippen LogP contribution in [0.25, 0.3) is 10.2 Å². The second-order valence-corrected chi connectivity index (χ2v) is 8.28. The lowest BCUT2D eigenvalue weighted by Gasteiger charge is -2.10. The van der Waals surface area contributed by atoms with E-state index < -0.39 is 14.9 Å². The molecule has 1 aromatic heterocycles. The van der Waals surface area contributed by atoms with Gasteiger partial charge in [-0.1, -0.05) is 17.4 Å². The molecule has 8 nitrogen and oxygen atoms in total. The summed E-state index contributed by atoms with van der Waals surface area (Å²) in [5, 5.41) is 10.9. The number of rotatable bonds is 5. The van der Waals surface area contributed by atoms with Crippen LogP contribution < -0.4 is 9.60 Å². The number of anilines is 1. The minimum Gasteiger partial charge on any atom is -0.299 e. The van der Waals surface area contributed by atoms with Crippen molar-refractivity contribution < 1.29 is 13.3 Å². The molecule has 3 aromatic rings. The normalized spacial score (nSPS) is 11.6. The van der Waals surface area contributed by atoms with Crippen molar-refractivity contribution in [3.63, 3.8) is 0 Å². The number of non-ortho nitro benzene ring substituents is 1. The Labute approximate surface area is 152 Å². The molecule has 0 saturated carbocycles. The fraction of sp³-hybridized carbons (Fsp3) is 0.188. The van der Waals surface area contributed by atoms with E-state index in [4.69, 9.17) is 0 Å². The lowest BCUT2D eigenvalue weighted by atomic mass is 10.2. The van der Waals surface area contributed by atoms with E-state index in [0.717, 1.165) is 11.3 Å². The summed E-state index contributed by atoms with van der Waals surface area (Å²) in [7, 11) is -3.96. The highest BCUT2D eigenvalue weighted by Gasteiger charge is 2.19. The van der Waals surface area contributed by atoms with Gasteiger partial charge in [0.05, 0.1) is 25.7 Å². The molecule has 0 aliphatic heterocycles. The van der Waals surface area contributed by atoms with Crippen molar-refractivity contribution in [2.75, 3.05) is 4.72 Å². The first kappa shape index (κ1) is 18.1. The smallest absolute Gasteiger partial charge is 0.299 e. The van der Waals surface area contributed by atoms with Crippen LogP contribution in [0.2, 0.25) is 0 Å². The number of nitrogens with zero attached hydrogens (tertiary/aromatic N) is 2. The predicted molar refractivity (Wildman–Crippen MR) is 100 cm³/mol. The van der Waals surface area contributed by atoms with Gasteiger partial charge in [0.15, 0.2) is 0 Å². The van der Waals surface area contributed by atoms with Crippen molar-refractivity contribution in [2.24, 2.45) is 0 Å². The Bertz CT molecular complexity index is 1180. The van der Waals surface area contributed by atoms with Gasteiger partial charge in [-0.2, -0.15) is 0 Å². The number of nitro benzene ring substituents is 1. The molecule has 0 saturated heterocycles. The molecule has 1 heterocycles. The first-order valence-electron chi connectivity index (χ1n) is 7.64. The Morgan fingerprint density at radius 2 is 1.96 bits per heavy atom. The van der Waals surface area contributed by atoms with Gasteiger partial charge in [0.25, 0.3) is 15.7 Å². The topological polar surface area (TPSA) is 111 Å². The van der Waals surface area contributed by atoms with E-state index in [0.29, 0.717) is 22.3 Å². The molecule has 10 heteroatoms. The molecule has 1 N–H and O–H groups in total. The molecular formula is C16H15N3O5S2. The van der Waals surface area contributed by atoms with Crippen LogP contribution in [0.5, 0.6) is 0 Å². The van der Waals surface area contributed by atoms with Crippen LogP contribution in [0.15, 0.2) is 46.1 Å². The SMILES string of the molecule is CCn1c(=O)sc2cc(S(=O)(=O)Nc3cc([N+](=O)[O-])ccc3C)ccc21. The summed E-state index contributed by atoms with van der Waals surface area (Å²) in [6, 6.07) is 8.40. The van der Waals surface area contributed by atoms with Crippen molar-refractivity contribution in [1.29, 1.82) is 0 Å². The molecule has 26 heavy (non-hydrogen) atoms. The number of nitro groups is 1. The standard InChI is InChI=1S/C16H15N3O5S2/c1-3-18-14-7-6-12(9-15(14)25-16(18)20)26(23,24)17-13-8-11(19(21)22)5-4-10(13)2/h4-9,17H,3H2,1-2H3. The number of aromatic nitrogens is 1. The Hall–Kier alpha value is -2.72. The Morgan fingerprint density at radius 3 is 2.62 bits per heavy atom. The molecule has 0 bridgehead atoms. The van der Waals surface area contributed by atoms with Crippen LogP contribution in [0.1, 0.15) is 12.5 Å². The molecule has 0 spiro atoms. The third-order valence-electron chi connectivity index (χ3n) is 3.94. The number of hydrogen-bond acceptors (Lipinski definition) is 6. The lowest BCUT2D eigenvalue weighted by Crippen LogP contribution is -2.14. The van der Waals surface area contributed by atoms with Crippen LogP contribution in [0.4, 0.5) is 11.4 Å². The Morgan fingerprint density at radius 1 is 1.23 bits per heavy atom. The van der Waals surface area contributed by atoms with Crippen LogP contribution in [-0.2, 0) is 16.6 Å². The monoisotopic (exact) mass is 393 g/mol. The van der Waals surface area contributed by atoms with Gasteiger partial charge in [0.1, 0.15) is 0 Å². The fourth-order valence-electron chi connectivity index (χ4n) is 2.55. The fourth-order valence-corrected chi connectivity index (χ4v) is 4.77. The summed E-state index contributed by atoms with van der Waals surface area (Å²) in [6.45, 7) is 3.98. The van der Waals surface area contributed by atoms with E-state index in [2.05, 4.69) is 4.72 Å². The Kier molecular flexibility index (Phi) is 4.55. The molecule has 0 fully saturated rings. The predicted octanol–water partition coefficient (Wildman–Crippen LogP) is 3.10. The molecule has 0 amide bonds. The van der Waals surface area contributed by atoms with E-state index in [9.17, 15) is 23.3 Å². The van der Waals surface area contributed by atoms with Gasteiger partial charge in [-0.15, -0.1) is 0 Å². The molecular weight excluding hydrogens is 378 g/mol. The zero-order valence-corrected chi connectivity index (χ0v) is 15.6. The zero-order valence-electron chi connectivity index (χ0n) is 13.9. The number of thiazole rings is 1. The van der Waals surface area contributed by atoms with E-state index in [1.165, 1.54) is 30.3 Å². The van der Waals surface area contributed by atoms with Crippen molar-refractivity contribution >= 4 is 43.0 Å². The lowest BCUT2D eigenvalue weighted by molar-refractivity contribution is -0.384. The molecule has 0 aliphatic rings. The van der Waals surface area contributed by atoms with Gasteiger partial charge < -0.3 is 0 Å². The summed E-state index contributed by atoms with van der Waals surface area (Å²) < 4.78 is 29.9. The molecule has 0 unspecified atom stereocenters. The van der Waals surface area contributed by atoms with E-state index in [1.807, 2.05) is 6.92 Å². The molecule has 0 radical (unpaired) electrons. The van der Waals surface area contributed by atoms with Crippen molar-refractivity contribution in [1.82, 2.24) is 4.57 Å². The van der Waals surface area contributed by atoms with E-state index in [-0.39, 0.29) is 21.1 Å². The molecule has 3 rings (SSSR count). The number of sulfonamides is 1. The largest absolute Gasteiger partial charge is 0.308 e. The van der Waals surface area contributed by atoms with Crippen LogP contribution in [0, 0.1) is 17.0 Å². The van der Waals surface area contributed by atoms with Crippen LogP contribution in [-0.4, -0.2) is 17.9 Å². The average Bonchev–Trinajstić information content (AvgIpc) is 2.90. The number of aryl methyl sites for hydroxylation is 2. The summed E-state index contributed by atoms with van der Waals surface area (Å²) in [6.07, 6.45) is 0. The maximum Gasteiger partial charge on any atom is 0.308 e. The number of nitrogens with one attached hydrogen (secondary N) is 1. The maximum atomic E-state index is 12.7. The number of benzene rings is 2. The highest BCUT2D eigenvalue weighted by Crippen LogP contribution is 2.27. The average molecular weight is 393 g/mol. The summed E-state index contributed by atoms with van der Waals surface area (Å²) in [4.78, 5) is 22.1. The maximum absolute atomic E-state index is 12.7. The highest BCUT2D eigenvalue weighted by molar-refractivity contribution is 7.92. The van der Waals surface area contributed by atoms with Gasteiger partial charge >= 0.3 is 4.87 Å². The molecule has 2 aromatic carbocycles. The Balaban J connectivity index is 2.03. The zero-order chi connectivity index (χ0) is 19.1. The van der Waals surface area contributed by atoms with E-state index >= 15 is 0 Å². The third kappa shape index (κ3) is 3.20. The second kappa shape index (κ2) is 6.54. The summed E-state index contributed by atoms with van der Waals surface area (Å²) >= 11 is 0.975. The quantitative estimate of drug-likeness (QED) is 0.529. The molecule has 0 atom stereocenters.